The topological polar surface area (TPSA) is 101 Å². The number of aromatic nitrogens is 1. The molecule has 1 saturated heterocycles. The fourth-order valence-corrected chi connectivity index (χ4v) is 8.03. The Morgan fingerprint density at radius 1 is 1.27 bits per heavy atom. The van der Waals surface area contributed by atoms with E-state index in [2.05, 4.69) is 19.2 Å². The molecule has 8 nitrogen and oxygen atoms in total. The van der Waals surface area contributed by atoms with Crippen molar-refractivity contribution >= 4 is 28.3 Å². The van der Waals surface area contributed by atoms with Crippen molar-refractivity contribution in [1.29, 1.82) is 0 Å². The number of carbonyl (C=O) groups is 2. The number of fused-ring (bicyclic) bond motifs is 2. The highest BCUT2D eigenvalue weighted by molar-refractivity contribution is 7.15. The first-order valence-corrected chi connectivity index (χ1v) is 14.0. The number of hydrogen-bond acceptors (Lipinski definition) is 7. The summed E-state index contributed by atoms with van der Waals surface area (Å²) >= 11 is 1.53. The first-order chi connectivity index (χ1) is 17.7. The molecule has 0 spiro atoms. The average molecular weight is 528 g/mol. The van der Waals surface area contributed by atoms with Crippen molar-refractivity contribution in [2.45, 2.75) is 52.1 Å². The van der Waals surface area contributed by atoms with Crippen LogP contribution in [0.2, 0.25) is 0 Å². The molecule has 1 aliphatic heterocycles. The number of nitrogens with zero attached hydrogens (tertiary/aromatic N) is 2. The Hall–Kier alpha value is -2.49. The smallest absolute Gasteiger partial charge is 0.257 e. The minimum absolute atomic E-state index is 0.00549. The lowest BCUT2D eigenvalue weighted by molar-refractivity contribution is -0.148. The second kappa shape index (κ2) is 10.3. The van der Waals surface area contributed by atoms with Crippen LogP contribution < -0.4 is 10.1 Å². The number of hydrogen-bond donors (Lipinski definition) is 2. The van der Waals surface area contributed by atoms with Crippen molar-refractivity contribution in [3.8, 4) is 5.75 Å². The molecule has 1 aromatic heterocycles. The molecule has 1 saturated carbocycles. The van der Waals surface area contributed by atoms with Gasteiger partial charge in [-0.3, -0.25) is 14.9 Å². The summed E-state index contributed by atoms with van der Waals surface area (Å²) in [4.78, 5) is 33.9. The molecule has 2 amide bonds. The maximum Gasteiger partial charge on any atom is 0.257 e. The van der Waals surface area contributed by atoms with E-state index < -0.39 is 6.10 Å². The summed E-state index contributed by atoms with van der Waals surface area (Å²) in [6, 6.07) is 6.99. The normalized spacial score (nSPS) is 30.1. The first-order valence-electron chi connectivity index (χ1n) is 13.2. The maximum atomic E-state index is 13.2. The van der Waals surface area contributed by atoms with Crippen molar-refractivity contribution in [3.05, 3.63) is 40.4 Å². The average Bonchev–Trinajstić information content (AvgIpc) is 3.30. The van der Waals surface area contributed by atoms with Crippen LogP contribution in [0.25, 0.3) is 0 Å². The molecule has 200 valence electrons. The summed E-state index contributed by atoms with van der Waals surface area (Å²) in [5.74, 6) is 0.332. The van der Waals surface area contributed by atoms with E-state index in [9.17, 15) is 14.7 Å². The van der Waals surface area contributed by atoms with Crippen LogP contribution in [0, 0.1) is 23.2 Å². The molecule has 2 heterocycles. The minimum Gasteiger partial charge on any atom is -0.497 e. The van der Waals surface area contributed by atoms with Crippen LogP contribution in [0.5, 0.6) is 5.75 Å². The Morgan fingerprint density at radius 3 is 2.65 bits per heavy atom. The van der Waals surface area contributed by atoms with Crippen molar-refractivity contribution in [2.75, 3.05) is 38.7 Å². The Kier molecular flexibility index (Phi) is 7.31. The van der Waals surface area contributed by atoms with Gasteiger partial charge in [0.1, 0.15) is 5.75 Å². The highest BCUT2D eigenvalue weighted by Gasteiger charge is 2.54. The number of anilines is 1. The van der Waals surface area contributed by atoms with Gasteiger partial charge >= 0.3 is 0 Å². The summed E-state index contributed by atoms with van der Waals surface area (Å²) in [5.41, 5.74) is 1.43. The summed E-state index contributed by atoms with van der Waals surface area (Å²) < 4.78 is 10.6. The Bertz CT molecular complexity index is 1150. The van der Waals surface area contributed by atoms with Crippen LogP contribution in [0.3, 0.4) is 0 Å². The third-order valence-corrected chi connectivity index (χ3v) is 9.84. The molecule has 9 heteroatoms. The second-order valence-electron chi connectivity index (χ2n) is 11.1. The van der Waals surface area contributed by atoms with Crippen molar-refractivity contribution in [3.63, 3.8) is 0 Å². The number of amides is 2. The van der Waals surface area contributed by atoms with E-state index >= 15 is 0 Å². The molecule has 1 aromatic carbocycles. The fraction of sp³-hybridized carbons (Fsp3) is 0.607. The Balaban J connectivity index is 1.32. The van der Waals surface area contributed by atoms with Gasteiger partial charge in [0.2, 0.25) is 5.91 Å². The lowest BCUT2D eigenvalue weighted by atomic mass is 9.53. The molecule has 5 rings (SSSR count). The number of benzene rings is 1. The molecule has 0 radical (unpaired) electrons. The highest BCUT2D eigenvalue weighted by Crippen LogP contribution is 2.57. The number of rotatable bonds is 5. The molecule has 0 bridgehead atoms. The van der Waals surface area contributed by atoms with Crippen LogP contribution in [-0.4, -0.2) is 66.3 Å². The number of aliphatic hydroxyl groups excluding tert-OH is 1. The lowest BCUT2D eigenvalue weighted by Crippen LogP contribution is -2.54. The monoisotopic (exact) mass is 527 g/mol. The number of ether oxygens (including phenoxy) is 2. The zero-order valence-corrected chi connectivity index (χ0v) is 22.8. The second-order valence-corrected chi connectivity index (χ2v) is 12.2. The largest absolute Gasteiger partial charge is 0.497 e. The van der Waals surface area contributed by atoms with E-state index in [1.54, 1.807) is 31.4 Å². The van der Waals surface area contributed by atoms with E-state index in [4.69, 9.17) is 14.5 Å². The van der Waals surface area contributed by atoms with Crippen molar-refractivity contribution < 1.29 is 24.2 Å². The molecule has 3 aliphatic rings. The van der Waals surface area contributed by atoms with E-state index in [0.717, 1.165) is 25.0 Å². The van der Waals surface area contributed by atoms with Gasteiger partial charge in [-0.05, 0) is 60.8 Å². The maximum absolute atomic E-state index is 13.2. The predicted octanol–water partition coefficient (Wildman–Crippen LogP) is 3.95. The van der Waals surface area contributed by atoms with E-state index in [1.165, 1.54) is 16.2 Å². The van der Waals surface area contributed by atoms with Gasteiger partial charge in [0.15, 0.2) is 5.13 Å². The van der Waals surface area contributed by atoms with Crippen molar-refractivity contribution in [1.82, 2.24) is 9.88 Å². The van der Waals surface area contributed by atoms with Crippen LogP contribution >= 0.6 is 11.3 Å². The molecular formula is C28H37N3O5S. The molecule has 2 aromatic rings. The number of aliphatic hydroxyl groups is 1. The van der Waals surface area contributed by atoms with E-state index in [1.807, 2.05) is 11.8 Å². The third kappa shape index (κ3) is 4.89. The summed E-state index contributed by atoms with van der Waals surface area (Å²) in [6.45, 7) is 8.77. The molecular weight excluding hydrogens is 490 g/mol. The summed E-state index contributed by atoms with van der Waals surface area (Å²) in [6.07, 6.45) is 2.02. The minimum atomic E-state index is -0.582. The molecule has 2 fully saturated rings. The fourth-order valence-electron chi connectivity index (χ4n) is 6.77. The Labute approximate surface area is 222 Å². The van der Waals surface area contributed by atoms with Crippen LogP contribution in [-0.2, 0) is 16.0 Å². The van der Waals surface area contributed by atoms with Gasteiger partial charge in [-0.2, -0.15) is 0 Å². The zero-order valence-electron chi connectivity index (χ0n) is 22.0. The number of carbonyl (C=O) groups excluding carboxylic acids is 2. The summed E-state index contributed by atoms with van der Waals surface area (Å²) in [7, 11) is 1.59. The Morgan fingerprint density at radius 2 is 1.97 bits per heavy atom. The van der Waals surface area contributed by atoms with Gasteiger partial charge in [-0.15, -0.1) is 11.3 Å². The van der Waals surface area contributed by atoms with Crippen LogP contribution in [0.15, 0.2) is 24.3 Å². The van der Waals surface area contributed by atoms with Gasteiger partial charge in [0.05, 0.1) is 32.1 Å². The number of thiazole rings is 1. The van der Waals surface area contributed by atoms with Gasteiger partial charge in [-0.25, -0.2) is 4.98 Å². The molecule has 37 heavy (non-hydrogen) atoms. The quantitative estimate of drug-likeness (QED) is 0.611. The lowest BCUT2D eigenvalue weighted by Gasteiger charge is -2.53. The molecule has 2 aliphatic carbocycles. The zero-order chi connectivity index (χ0) is 26.3. The van der Waals surface area contributed by atoms with Gasteiger partial charge in [-0.1, -0.05) is 20.8 Å². The van der Waals surface area contributed by atoms with E-state index in [-0.39, 0.29) is 40.9 Å². The number of morpholine rings is 1. The van der Waals surface area contributed by atoms with Gasteiger partial charge < -0.3 is 19.5 Å². The van der Waals surface area contributed by atoms with Crippen LogP contribution in [0.4, 0.5) is 5.13 Å². The standard InChI is InChI=1S/C28H37N3O5S/c1-16(26(34)31-11-13-36-14-12-31)20-9-10-28(3)15-21-23(17(2)22(28)24(20)32)29-27(37-21)30-25(33)18-5-7-19(35-4)8-6-18/h5-8,16-17,20,22,24,32H,9-15H2,1-4H3,(H,29,30,33). The highest BCUT2D eigenvalue weighted by atomic mass is 32.1. The van der Waals surface area contributed by atoms with Crippen LogP contribution in [0.1, 0.15) is 60.5 Å². The number of methoxy groups -OCH3 is 1. The molecule has 2 N–H and O–H groups in total. The first kappa shape index (κ1) is 26.1. The molecule has 6 atom stereocenters. The summed E-state index contributed by atoms with van der Waals surface area (Å²) in [5, 5.41) is 15.2. The third-order valence-electron chi connectivity index (χ3n) is 8.85. The van der Waals surface area contributed by atoms with Gasteiger partial charge in [0.25, 0.3) is 5.91 Å². The number of nitrogens with one attached hydrogen (secondary N) is 1. The van der Waals surface area contributed by atoms with E-state index in [0.29, 0.717) is 42.7 Å². The predicted molar refractivity (Wildman–Crippen MR) is 142 cm³/mol. The SMILES string of the molecule is COc1ccc(C(=O)Nc2nc3c(s2)CC2(C)CCC(C(C)C(=O)N4CCOCC4)C(O)C2C3C)cc1. The van der Waals surface area contributed by atoms with Crippen molar-refractivity contribution in [2.24, 2.45) is 23.2 Å². The molecule has 6 unspecified atom stereocenters. The van der Waals surface area contributed by atoms with Gasteiger partial charge in [0, 0.05) is 35.4 Å².